The molecule has 0 spiro atoms. The molecule has 3 aromatic rings. The molecule has 5 nitrogen and oxygen atoms in total. The second-order valence-corrected chi connectivity index (χ2v) is 8.13. The number of thiazole rings is 1. The maximum atomic E-state index is 5.73. The summed E-state index contributed by atoms with van der Waals surface area (Å²) >= 11 is 3.35. The molecule has 1 fully saturated rings. The van der Waals surface area contributed by atoms with Crippen LogP contribution in [0.25, 0.3) is 10.2 Å². The molecule has 4 rings (SSSR count). The van der Waals surface area contributed by atoms with E-state index in [9.17, 15) is 0 Å². The fourth-order valence-electron chi connectivity index (χ4n) is 3.34. The summed E-state index contributed by atoms with van der Waals surface area (Å²) in [5.74, 6) is 0.661. The SMILES string of the molecule is Nc1ncc(CN2CCCC(Cc3ncnc4ccsc34)C2)s1. The molecule has 3 aromatic heterocycles. The van der Waals surface area contributed by atoms with E-state index in [0.717, 1.165) is 31.6 Å². The van der Waals surface area contributed by atoms with Crippen LogP contribution in [0.2, 0.25) is 0 Å². The molecule has 2 N–H and O–H groups in total. The number of nitrogens with zero attached hydrogens (tertiary/aromatic N) is 4. The van der Waals surface area contributed by atoms with Gasteiger partial charge in [-0.15, -0.1) is 22.7 Å². The Morgan fingerprint density at radius 3 is 3.13 bits per heavy atom. The van der Waals surface area contributed by atoms with E-state index >= 15 is 0 Å². The van der Waals surface area contributed by atoms with Crippen molar-refractivity contribution in [3.63, 3.8) is 0 Å². The number of likely N-dealkylation sites (tertiary alicyclic amines) is 1. The Labute approximate surface area is 143 Å². The molecule has 120 valence electrons. The van der Waals surface area contributed by atoms with Crippen molar-refractivity contribution in [1.29, 1.82) is 0 Å². The normalized spacial score (nSPS) is 19.4. The van der Waals surface area contributed by atoms with Crippen LogP contribution in [-0.4, -0.2) is 32.9 Å². The highest BCUT2D eigenvalue weighted by Crippen LogP contribution is 2.27. The number of hydrogen-bond donors (Lipinski definition) is 1. The summed E-state index contributed by atoms with van der Waals surface area (Å²) in [6, 6.07) is 2.08. The van der Waals surface area contributed by atoms with Crippen LogP contribution < -0.4 is 5.73 Å². The first-order chi connectivity index (χ1) is 11.3. The fraction of sp³-hybridized carbons (Fsp3) is 0.438. The van der Waals surface area contributed by atoms with E-state index in [1.165, 1.54) is 28.1 Å². The number of aromatic nitrogens is 3. The lowest BCUT2D eigenvalue weighted by molar-refractivity contribution is 0.168. The van der Waals surface area contributed by atoms with Crippen molar-refractivity contribution in [2.45, 2.75) is 25.8 Å². The maximum absolute atomic E-state index is 5.73. The maximum Gasteiger partial charge on any atom is 0.180 e. The first kappa shape index (κ1) is 15.0. The summed E-state index contributed by atoms with van der Waals surface area (Å²) < 4.78 is 1.25. The first-order valence-corrected chi connectivity index (χ1v) is 9.57. The van der Waals surface area contributed by atoms with Crippen molar-refractivity contribution in [1.82, 2.24) is 19.9 Å². The van der Waals surface area contributed by atoms with Crippen LogP contribution >= 0.6 is 22.7 Å². The van der Waals surface area contributed by atoms with Crippen molar-refractivity contribution in [3.05, 3.63) is 34.5 Å². The van der Waals surface area contributed by atoms with E-state index < -0.39 is 0 Å². The Morgan fingerprint density at radius 1 is 1.30 bits per heavy atom. The van der Waals surface area contributed by atoms with Crippen LogP contribution in [0, 0.1) is 5.92 Å². The van der Waals surface area contributed by atoms with Gasteiger partial charge in [0, 0.05) is 24.2 Å². The van der Waals surface area contributed by atoms with Crippen molar-refractivity contribution in [2.24, 2.45) is 5.92 Å². The molecule has 1 aliphatic heterocycles. The van der Waals surface area contributed by atoms with E-state index in [1.54, 1.807) is 29.0 Å². The number of hydrogen-bond acceptors (Lipinski definition) is 7. The number of fused-ring (bicyclic) bond motifs is 1. The molecule has 1 aliphatic rings. The first-order valence-electron chi connectivity index (χ1n) is 7.87. The van der Waals surface area contributed by atoms with Gasteiger partial charge in [0.2, 0.25) is 0 Å². The highest BCUT2D eigenvalue weighted by Gasteiger charge is 2.22. The van der Waals surface area contributed by atoms with Gasteiger partial charge in [-0.1, -0.05) is 0 Å². The van der Waals surface area contributed by atoms with Crippen molar-refractivity contribution >= 4 is 38.0 Å². The molecule has 0 radical (unpaired) electrons. The Hall–Kier alpha value is -1.57. The van der Waals surface area contributed by atoms with E-state index in [4.69, 9.17) is 5.73 Å². The second kappa shape index (κ2) is 6.51. The van der Waals surface area contributed by atoms with Gasteiger partial charge in [-0.05, 0) is 43.2 Å². The Kier molecular flexibility index (Phi) is 4.24. The minimum absolute atomic E-state index is 0.661. The monoisotopic (exact) mass is 345 g/mol. The fourth-order valence-corrected chi connectivity index (χ4v) is 4.91. The van der Waals surface area contributed by atoms with Gasteiger partial charge < -0.3 is 5.73 Å². The summed E-state index contributed by atoms with van der Waals surface area (Å²) in [5, 5.41) is 2.76. The third kappa shape index (κ3) is 3.36. The smallest absolute Gasteiger partial charge is 0.180 e. The standard InChI is InChI=1S/C16H19N5S2/c17-16-18-7-12(23-16)9-21-4-1-2-11(8-21)6-14-15-13(3-5-22-15)19-10-20-14/h3,5,7,10-11H,1-2,4,6,8-9H2,(H2,17,18). The van der Waals surface area contributed by atoms with Crippen LogP contribution in [-0.2, 0) is 13.0 Å². The highest BCUT2D eigenvalue weighted by atomic mass is 32.1. The molecular weight excluding hydrogens is 326 g/mol. The summed E-state index contributed by atoms with van der Waals surface area (Å²) in [5.41, 5.74) is 8.02. The Morgan fingerprint density at radius 2 is 2.26 bits per heavy atom. The number of nitrogens with two attached hydrogens (primary N) is 1. The molecule has 0 bridgehead atoms. The lowest BCUT2D eigenvalue weighted by atomic mass is 9.93. The predicted molar refractivity (Wildman–Crippen MR) is 95.6 cm³/mol. The molecule has 7 heteroatoms. The Balaban J connectivity index is 1.44. The van der Waals surface area contributed by atoms with Crippen LogP contribution in [0.4, 0.5) is 5.13 Å². The Bertz CT molecular complexity index is 796. The summed E-state index contributed by atoms with van der Waals surface area (Å²) in [4.78, 5) is 16.8. The molecular formula is C16H19N5S2. The number of rotatable bonds is 4. The van der Waals surface area contributed by atoms with Gasteiger partial charge in [0.15, 0.2) is 5.13 Å². The molecule has 0 aromatic carbocycles. The minimum atomic E-state index is 0.661. The van der Waals surface area contributed by atoms with Crippen molar-refractivity contribution in [2.75, 3.05) is 18.8 Å². The molecule has 0 aliphatic carbocycles. The van der Waals surface area contributed by atoms with Gasteiger partial charge in [0.25, 0.3) is 0 Å². The van der Waals surface area contributed by atoms with Gasteiger partial charge in [-0.25, -0.2) is 15.0 Å². The van der Waals surface area contributed by atoms with Gasteiger partial charge in [0.1, 0.15) is 6.33 Å². The van der Waals surface area contributed by atoms with Crippen LogP contribution in [0.5, 0.6) is 0 Å². The van der Waals surface area contributed by atoms with E-state index in [2.05, 4.69) is 31.3 Å². The van der Waals surface area contributed by atoms with Crippen molar-refractivity contribution < 1.29 is 0 Å². The zero-order valence-corrected chi connectivity index (χ0v) is 14.4. The third-order valence-corrected chi connectivity index (χ3v) is 6.12. The average Bonchev–Trinajstić information content (AvgIpc) is 3.17. The zero-order valence-electron chi connectivity index (χ0n) is 12.8. The van der Waals surface area contributed by atoms with Gasteiger partial charge in [0.05, 0.1) is 15.9 Å². The minimum Gasteiger partial charge on any atom is -0.375 e. The average molecular weight is 345 g/mol. The number of thiophene rings is 1. The highest BCUT2D eigenvalue weighted by molar-refractivity contribution is 7.17. The predicted octanol–water partition coefficient (Wildman–Crippen LogP) is 3.18. The lowest BCUT2D eigenvalue weighted by Gasteiger charge is -2.32. The van der Waals surface area contributed by atoms with Gasteiger partial charge >= 0.3 is 0 Å². The number of anilines is 1. The molecule has 4 heterocycles. The molecule has 0 amide bonds. The van der Waals surface area contributed by atoms with E-state index in [-0.39, 0.29) is 0 Å². The summed E-state index contributed by atoms with van der Waals surface area (Å²) in [6.07, 6.45) is 7.17. The van der Waals surface area contributed by atoms with Gasteiger partial charge in [-0.2, -0.15) is 0 Å². The molecule has 1 atom stereocenters. The number of nitrogen functional groups attached to an aromatic ring is 1. The molecule has 0 saturated carbocycles. The summed E-state index contributed by atoms with van der Waals surface area (Å²) in [7, 11) is 0. The van der Waals surface area contributed by atoms with Crippen LogP contribution in [0.1, 0.15) is 23.4 Å². The molecule has 1 unspecified atom stereocenters. The molecule has 23 heavy (non-hydrogen) atoms. The van der Waals surface area contributed by atoms with Gasteiger partial charge in [-0.3, -0.25) is 4.90 Å². The number of piperidine rings is 1. The van der Waals surface area contributed by atoms with E-state index in [0.29, 0.717) is 11.0 Å². The second-order valence-electron chi connectivity index (χ2n) is 6.07. The van der Waals surface area contributed by atoms with E-state index in [1.807, 2.05) is 6.20 Å². The topological polar surface area (TPSA) is 67.9 Å². The largest absolute Gasteiger partial charge is 0.375 e. The quantitative estimate of drug-likeness (QED) is 0.786. The lowest BCUT2D eigenvalue weighted by Crippen LogP contribution is -2.35. The summed E-state index contributed by atoms with van der Waals surface area (Å²) in [6.45, 7) is 3.24. The third-order valence-electron chi connectivity index (χ3n) is 4.35. The van der Waals surface area contributed by atoms with Crippen LogP contribution in [0.15, 0.2) is 24.0 Å². The molecule has 1 saturated heterocycles. The zero-order chi connectivity index (χ0) is 15.6. The van der Waals surface area contributed by atoms with Crippen molar-refractivity contribution in [3.8, 4) is 0 Å². The van der Waals surface area contributed by atoms with Crippen LogP contribution in [0.3, 0.4) is 0 Å².